The second-order valence-corrected chi connectivity index (χ2v) is 9.39. The van der Waals surface area contributed by atoms with Gasteiger partial charge in [-0.1, -0.05) is 28.1 Å². The van der Waals surface area contributed by atoms with Crippen molar-refractivity contribution in [1.82, 2.24) is 4.98 Å². The maximum Gasteiger partial charge on any atom is 0.296 e. The van der Waals surface area contributed by atoms with E-state index < -0.39 is 12.5 Å². The molecule has 1 aromatic heterocycles. The molecule has 2 aromatic carbocycles. The minimum Gasteiger partial charge on any atom is -0.473 e. The van der Waals surface area contributed by atoms with Crippen LogP contribution >= 0.6 is 54.5 Å². The molecule has 0 aliphatic heterocycles. The highest BCUT2D eigenvalue weighted by Crippen LogP contribution is 2.33. The summed E-state index contributed by atoms with van der Waals surface area (Å²) in [4.78, 5) is 4.14. The van der Waals surface area contributed by atoms with E-state index in [1.165, 1.54) is 18.2 Å². The van der Waals surface area contributed by atoms with Crippen LogP contribution in [0.1, 0.15) is 22.3 Å². The van der Waals surface area contributed by atoms with Crippen molar-refractivity contribution in [2.24, 2.45) is 0 Å². The van der Waals surface area contributed by atoms with Gasteiger partial charge < -0.3 is 9.47 Å². The van der Waals surface area contributed by atoms with Gasteiger partial charge in [0, 0.05) is 19.7 Å². The highest BCUT2D eigenvalue weighted by Gasteiger charge is 2.35. The summed E-state index contributed by atoms with van der Waals surface area (Å²) in [6, 6.07) is 16.7. The minimum atomic E-state index is -3.31. The van der Waals surface area contributed by atoms with E-state index in [1.54, 1.807) is 18.2 Å². The van der Waals surface area contributed by atoms with Crippen LogP contribution in [-0.2, 0) is 23.9 Å². The summed E-state index contributed by atoms with van der Waals surface area (Å²) in [7, 11) is 0. The summed E-state index contributed by atoms with van der Waals surface area (Å²) < 4.78 is 43.5. The molecular formula is C22H15Br2F2IN2O2. The normalized spacial score (nSPS) is 11.2. The third-order valence-corrected chi connectivity index (χ3v) is 6.23. The van der Waals surface area contributed by atoms with E-state index in [0.29, 0.717) is 10.5 Å². The maximum atomic E-state index is 15.1. The monoisotopic (exact) mass is 662 g/mol. The van der Waals surface area contributed by atoms with Gasteiger partial charge in [-0.25, -0.2) is 4.98 Å². The number of hydrogen-bond acceptors (Lipinski definition) is 4. The largest absolute Gasteiger partial charge is 0.473 e. The Hall–Kier alpha value is -1.61. The van der Waals surface area contributed by atoms with Gasteiger partial charge >= 0.3 is 0 Å². The fourth-order valence-electron chi connectivity index (χ4n) is 2.75. The molecule has 9 heteroatoms. The third kappa shape index (κ3) is 6.68. The summed E-state index contributed by atoms with van der Waals surface area (Å²) in [5, 5.41) is 9.16. The van der Waals surface area contributed by atoms with Crippen LogP contribution in [0, 0.1) is 14.9 Å². The number of halogens is 5. The van der Waals surface area contributed by atoms with E-state index in [0.717, 1.165) is 13.6 Å². The Morgan fingerprint density at radius 2 is 1.84 bits per heavy atom. The Labute approximate surface area is 209 Å². The quantitative estimate of drug-likeness (QED) is 0.193. The lowest BCUT2D eigenvalue weighted by Crippen LogP contribution is -2.24. The van der Waals surface area contributed by atoms with E-state index in [-0.39, 0.29) is 29.9 Å². The average Bonchev–Trinajstić information content (AvgIpc) is 2.74. The van der Waals surface area contributed by atoms with Gasteiger partial charge in [0.1, 0.15) is 17.8 Å². The van der Waals surface area contributed by atoms with E-state index in [9.17, 15) is 0 Å². The van der Waals surface area contributed by atoms with E-state index >= 15 is 8.78 Å². The summed E-state index contributed by atoms with van der Waals surface area (Å²) in [5.41, 5.74) is 0.901. The molecule has 0 saturated heterocycles. The number of aromatic nitrogens is 1. The molecule has 0 bridgehead atoms. The van der Waals surface area contributed by atoms with Crippen LogP contribution in [0.15, 0.2) is 63.7 Å². The van der Waals surface area contributed by atoms with Gasteiger partial charge in [-0.05, 0) is 86.0 Å². The third-order valence-electron chi connectivity index (χ3n) is 4.25. The number of nitriles is 1. The number of hydrogen-bond donors (Lipinski definition) is 0. The van der Waals surface area contributed by atoms with Gasteiger partial charge in [-0.2, -0.15) is 14.0 Å². The molecule has 3 aromatic rings. The maximum absolute atomic E-state index is 15.1. The first-order valence-corrected chi connectivity index (χ1v) is 11.6. The topological polar surface area (TPSA) is 55.1 Å². The summed E-state index contributed by atoms with van der Waals surface area (Å²) in [6.45, 7) is -0.907. The van der Waals surface area contributed by atoms with E-state index in [1.807, 2.05) is 24.3 Å². The van der Waals surface area contributed by atoms with Gasteiger partial charge in [0.25, 0.3) is 5.92 Å². The van der Waals surface area contributed by atoms with E-state index in [2.05, 4.69) is 59.4 Å². The highest BCUT2D eigenvalue weighted by molar-refractivity contribution is 14.1. The van der Waals surface area contributed by atoms with Gasteiger partial charge in [0.15, 0.2) is 0 Å². The molecule has 0 spiro atoms. The molecule has 160 valence electrons. The molecule has 1 heterocycles. The van der Waals surface area contributed by atoms with Gasteiger partial charge in [0.2, 0.25) is 5.88 Å². The number of rotatable bonds is 8. The predicted octanol–water partition coefficient (Wildman–Crippen LogP) is 6.97. The van der Waals surface area contributed by atoms with Crippen molar-refractivity contribution in [1.29, 1.82) is 5.26 Å². The van der Waals surface area contributed by atoms with Crippen molar-refractivity contribution >= 4 is 54.5 Å². The van der Waals surface area contributed by atoms with Crippen LogP contribution in [0.5, 0.6) is 5.88 Å². The van der Waals surface area contributed by atoms with Crippen LogP contribution in [0.4, 0.5) is 8.78 Å². The second kappa shape index (κ2) is 10.8. The highest BCUT2D eigenvalue weighted by atomic mass is 127. The SMILES string of the molecule is N#Cc1ccc(COc2cccc(Br)n2)c(C(F)(F)COCc2cc(Br)ccc2I)c1. The van der Waals surface area contributed by atoms with Crippen molar-refractivity contribution in [3.05, 3.63) is 89.5 Å². The zero-order chi connectivity index (χ0) is 22.4. The van der Waals surface area contributed by atoms with E-state index in [4.69, 9.17) is 14.7 Å². The number of ether oxygens (including phenoxy) is 2. The Bertz CT molecular complexity index is 1120. The molecule has 0 atom stereocenters. The number of benzene rings is 2. The van der Waals surface area contributed by atoms with Crippen molar-refractivity contribution in [3.8, 4) is 11.9 Å². The van der Waals surface area contributed by atoms with Crippen molar-refractivity contribution < 1.29 is 18.3 Å². The zero-order valence-corrected chi connectivity index (χ0v) is 21.2. The minimum absolute atomic E-state index is 0.0407. The molecule has 3 rings (SSSR count). The molecular weight excluding hydrogens is 649 g/mol. The van der Waals surface area contributed by atoms with Gasteiger partial charge in [-0.15, -0.1) is 0 Å². The Balaban J connectivity index is 1.76. The zero-order valence-electron chi connectivity index (χ0n) is 15.9. The molecule has 0 radical (unpaired) electrons. The summed E-state index contributed by atoms with van der Waals surface area (Å²) >= 11 is 8.75. The fraction of sp³-hybridized carbons (Fsp3) is 0.182. The Morgan fingerprint density at radius 1 is 1.03 bits per heavy atom. The van der Waals surface area contributed by atoms with Gasteiger partial charge in [0.05, 0.1) is 18.2 Å². The standard InChI is InChI=1S/C22H15Br2F2IN2O2/c23-17-6-7-19(27)16(9-17)11-30-13-22(25,26)18-8-14(10-28)4-5-15(18)12-31-21-3-1-2-20(24)29-21/h1-9H,11-13H2. The molecule has 0 fully saturated rings. The van der Waals surface area contributed by atoms with Crippen molar-refractivity contribution in [2.75, 3.05) is 6.61 Å². The molecule has 4 nitrogen and oxygen atoms in total. The lowest BCUT2D eigenvalue weighted by Gasteiger charge is -2.21. The first-order chi connectivity index (χ1) is 14.8. The lowest BCUT2D eigenvalue weighted by atomic mass is 9.99. The number of pyridine rings is 1. The van der Waals surface area contributed by atoms with Crippen molar-refractivity contribution in [3.63, 3.8) is 0 Å². The molecule has 0 amide bonds. The molecule has 0 saturated carbocycles. The number of alkyl halides is 2. The first-order valence-electron chi connectivity index (χ1n) is 8.97. The summed E-state index contributed by atoms with van der Waals surface area (Å²) in [6.07, 6.45) is 0. The van der Waals surface area contributed by atoms with Crippen LogP contribution in [0.25, 0.3) is 0 Å². The van der Waals surface area contributed by atoms with Crippen LogP contribution in [0.3, 0.4) is 0 Å². The lowest BCUT2D eigenvalue weighted by molar-refractivity contribution is -0.0883. The number of nitrogens with zero attached hydrogens (tertiary/aromatic N) is 2. The van der Waals surface area contributed by atoms with Crippen LogP contribution in [-0.4, -0.2) is 11.6 Å². The molecule has 0 unspecified atom stereocenters. The molecule has 0 N–H and O–H groups in total. The average molecular weight is 664 g/mol. The Morgan fingerprint density at radius 3 is 2.58 bits per heavy atom. The fourth-order valence-corrected chi connectivity index (χ4v) is 3.98. The summed E-state index contributed by atoms with van der Waals surface area (Å²) in [5.74, 6) is -3.01. The predicted molar refractivity (Wildman–Crippen MR) is 128 cm³/mol. The molecule has 0 aliphatic rings. The van der Waals surface area contributed by atoms with Crippen molar-refractivity contribution in [2.45, 2.75) is 19.1 Å². The van der Waals surface area contributed by atoms with Gasteiger partial charge in [-0.3, -0.25) is 0 Å². The Kier molecular flexibility index (Phi) is 8.38. The second-order valence-electron chi connectivity index (χ2n) is 6.50. The molecule has 31 heavy (non-hydrogen) atoms. The molecule has 0 aliphatic carbocycles. The van der Waals surface area contributed by atoms with Crippen LogP contribution < -0.4 is 4.74 Å². The van der Waals surface area contributed by atoms with Crippen LogP contribution in [0.2, 0.25) is 0 Å². The first kappa shape index (κ1) is 24.0. The smallest absolute Gasteiger partial charge is 0.296 e.